The zero-order valence-corrected chi connectivity index (χ0v) is 13.5. The highest BCUT2D eigenvalue weighted by atomic mass is 16.2. The second-order valence-corrected chi connectivity index (χ2v) is 5.25. The molecule has 122 valence electrons. The summed E-state index contributed by atoms with van der Waals surface area (Å²) in [6.07, 6.45) is 0. The van der Waals surface area contributed by atoms with Gasteiger partial charge in [-0.15, -0.1) is 0 Å². The van der Waals surface area contributed by atoms with Crippen LogP contribution >= 0.6 is 0 Å². The third-order valence-corrected chi connectivity index (χ3v) is 3.36. The minimum atomic E-state index is -0.227. The summed E-state index contributed by atoms with van der Waals surface area (Å²) in [7, 11) is 0. The second-order valence-electron chi connectivity index (χ2n) is 5.25. The third-order valence-electron chi connectivity index (χ3n) is 3.36. The van der Waals surface area contributed by atoms with Crippen molar-refractivity contribution in [2.24, 2.45) is 0 Å². The van der Waals surface area contributed by atoms with E-state index in [9.17, 15) is 9.59 Å². The van der Waals surface area contributed by atoms with Crippen molar-refractivity contribution in [2.75, 3.05) is 22.5 Å². The average molecular weight is 322 g/mol. The number of carbonyl (C=O) groups is 2. The van der Waals surface area contributed by atoms with Gasteiger partial charge in [0.2, 0.25) is 11.8 Å². The molecule has 0 fully saturated rings. The fourth-order valence-electron chi connectivity index (χ4n) is 2.20. The van der Waals surface area contributed by atoms with Crippen LogP contribution in [0.2, 0.25) is 0 Å². The molecular weight excluding hydrogens is 304 g/mol. The number of anilines is 3. The number of nitriles is 1. The molecule has 0 radical (unpaired) electrons. The first-order valence-electron chi connectivity index (χ1n) is 7.40. The minimum Gasteiger partial charge on any atom is -0.376 e. The molecule has 0 heterocycles. The van der Waals surface area contributed by atoms with Crippen LogP contribution in [0.1, 0.15) is 18.1 Å². The van der Waals surface area contributed by atoms with E-state index in [2.05, 4.69) is 16.0 Å². The Balaban J connectivity index is 1.99. The smallest absolute Gasteiger partial charge is 0.243 e. The number of rotatable bonds is 5. The van der Waals surface area contributed by atoms with Gasteiger partial charge in [0.15, 0.2) is 0 Å². The molecule has 0 atom stereocenters. The molecule has 0 aliphatic rings. The molecular formula is C18H18N4O2. The van der Waals surface area contributed by atoms with E-state index in [0.29, 0.717) is 16.9 Å². The van der Waals surface area contributed by atoms with Crippen molar-refractivity contribution in [2.45, 2.75) is 13.8 Å². The number of benzene rings is 2. The summed E-state index contributed by atoms with van der Waals surface area (Å²) < 4.78 is 0. The van der Waals surface area contributed by atoms with Crippen molar-refractivity contribution in [1.82, 2.24) is 0 Å². The van der Waals surface area contributed by atoms with Gasteiger partial charge in [-0.2, -0.15) is 5.26 Å². The number of hydrogen-bond acceptors (Lipinski definition) is 4. The van der Waals surface area contributed by atoms with Crippen LogP contribution in [0.4, 0.5) is 17.1 Å². The second kappa shape index (κ2) is 7.79. The zero-order chi connectivity index (χ0) is 17.5. The molecule has 0 aliphatic carbocycles. The monoisotopic (exact) mass is 322 g/mol. The lowest BCUT2D eigenvalue weighted by Gasteiger charge is -2.13. The van der Waals surface area contributed by atoms with Crippen LogP contribution in [0.3, 0.4) is 0 Å². The quantitative estimate of drug-likeness (QED) is 0.789. The Hall–Kier alpha value is -3.33. The predicted molar refractivity (Wildman–Crippen MR) is 93.8 cm³/mol. The maximum absolute atomic E-state index is 12.0. The molecule has 2 rings (SSSR count). The number of nitrogens with zero attached hydrogens (tertiary/aromatic N) is 1. The SMILES string of the molecule is CC(=O)Nc1cccc(NCC(=O)Nc2cccc(C#N)c2)c1C. The van der Waals surface area contributed by atoms with Crippen molar-refractivity contribution in [3.63, 3.8) is 0 Å². The van der Waals surface area contributed by atoms with Crippen molar-refractivity contribution < 1.29 is 9.59 Å². The van der Waals surface area contributed by atoms with Gasteiger partial charge in [-0.25, -0.2) is 0 Å². The summed E-state index contributed by atoms with van der Waals surface area (Å²) in [6.45, 7) is 3.38. The molecule has 0 aliphatic heterocycles. The Morgan fingerprint density at radius 1 is 1.08 bits per heavy atom. The standard InChI is InChI=1S/C18H18N4O2/c1-12-16(7-4-8-17(12)21-13(2)23)20-11-18(24)22-15-6-3-5-14(9-15)10-19/h3-9,20H,11H2,1-2H3,(H,21,23)(H,22,24). The van der Waals surface area contributed by atoms with Crippen LogP contribution in [-0.4, -0.2) is 18.4 Å². The lowest BCUT2D eigenvalue weighted by molar-refractivity contribution is -0.115. The summed E-state index contributed by atoms with van der Waals surface area (Å²) >= 11 is 0. The Bertz CT molecular complexity index is 809. The number of carbonyl (C=O) groups excluding carboxylic acids is 2. The molecule has 0 saturated heterocycles. The van der Waals surface area contributed by atoms with Crippen LogP contribution < -0.4 is 16.0 Å². The molecule has 0 saturated carbocycles. The first-order valence-corrected chi connectivity index (χ1v) is 7.40. The molecule has 0 aromatic heterocycles. The molecule has 2 aromatic carbocycles. The van der Waals surface area contributed by atoms with Crippen molar-refractivity contribution in [3.05, 3.63) is 53.6 Å². The van der Waals surface area contributed by atoms with Crippen molar-refractivity contribution in [3.8, 4) is 6.07 Å². The van der Waals surface area contributed by atoms with Crippen molar-refractivity contribution in [1.29, 1.82) is 5.26 Å². The van der Waals surface area contributed by atoms with Crippen LogP contribution in [0.15, 0.2) is 42.5 Å². The van der Waals surface area contributed by atoms with Gasteiger partial charge in [-0.3, -0.25) is 9.59 Å². The maximum Gasteiger partial charge on any atom is 0.243 e. The predicted octanol–water partition coefficient (Wildman–Crippen LogP) is 2.88. The van der Waals surface area contributed by atoms with Gasteiger partial charge in [-0.05, 0) is 42.8 Å². The highest BCUT2D eigenvalue weighted by Crippen LogP contribution is 2.23. The van der Waals surface area contributed by atoms with Crippen LogP contribution in [0.25, 0.3) is 0 Å². The molecule has 0 spiro atoms. The molecule has 3 N–H and O–H groups in total. The third kappa shape index (κ3) is 4.58. The number of nitrogens with one attached hydrogen (secondary N) is 3. The van der Waals surface area contributed by atoms with E-state index in [4.69, 9.17) is 5.26 Å². The van der Waals surface area contributed by atoms with Crippen LogP contribution in [-0.2, 0) is 9.59 Å². The summed E-state index contributed by atoms with van der Waals surface area (Å²) in [6, 6.07) is 14.2. The fourth-order valence-corrected chi connectivity index (χ4v) is 2.20. The van der Waals surface area contributed by atoms with E-state index >= 15 is 0 Å². The van der Waals surface area contributed by atoms with Gasteiger partial charge >= 0.3 is 0 Å². The first-order chi connectivity index (χ1) is 11.5. The highest BCUT2D eigenvalue weighted by molar-refractivity contribution is 5.94. The molecule has 2 amide bonds. The minimum absolute atomic E-state index is 0.0706. The van der Waals surface area contributed by atoms with E-state index in [0.717, 1.165) is 11.3 Å². The molecule has 0 bridgehead atoms. The topological polar surface area (TPSA) is 94.0 Å². The summed E-state index contributed by atoms with van der Waals surface area (Å²) in [5.41, 5.74) is 3.38. The van der Waals surface area contributed by atoms with Gasteiger partial charge in [-0.1, -0.05) is 12.1 Å². The Morgan fingerprint density at radius 2 is 1.79 bits per heavy atom. The summed E-state index contributed by atoms with van der Waals surface area (Å²) in [5, 5.41) is 17.4. The Kier molecular flexibility index (Phi) is 5.53. The Morgan fingerprint density at radius 3 is 2.50 bits per heavy atom. The van der Waals surface area contributed by atoms with Gasteiger partial charge in [0, 0.05) is 24.0 Å². The molecule has 2 aromatic rings. The molecule has 0 unspecified atom stereocenters. The largest absolute Gasteiger partial charge is 0.376 e. The van der Waals surface area contributed by atoms with E-state index in [1.54, 1.807) is 36.4 Å². The van der Waals surface area contributed by atoms with E-state index in [1.165, 1.54) is 6.92 Å². The highest BCUT2D eigenvalue weighted by Gasteiger charge is 2.07. The van der Waals surface area contributed by atoms with Gasteiger partial charge in [0.1, 0.15) is 0 Å². The van der Waals surface area contributed by atoms with E-state index < -0.39 is 0 Å². The first kappa shape index (κ1) is 17.0. The van der Waals surface area contributed by atoms with E-state index in [-0.39, 0.29) is 18.4 Å². The van der Waals surface area contributed by atoms with Gasteiger partial charge in [0.05, 0.1) is 18.2 Å². The van der Waals surface area contributed by atoms with Gasteiger partial charge < -0.3 is 16.0 Å². The average Bonchev–Trinajstić information content (AvgIpc) is 2.55. The normalized spacial score (nSPS) is 9.71. The number of hydrogen-bond donors (Lipinski definition) is 3. The van der Waals surface area contributed by atoms with E-state index in [1.807, 2.05) is 19.1 Å². The molecule has 6 heteroatoms. The van der Waals surface area contributed by atoms with Crippen LogP contribution in [0.5, 0.6) is 0 Å². The molecule has 6 nitrogen and oxygen atoms in total. The molecule has 24 heavy (non-hydrogen) atoms. The lowest BCUT2D eigenvalue weighted by Crippen LogP contribution is -2.22. The summed E-state index contributed by atoms with van der Waals surface area (Å²) in [4.78, 5) is 23.2. The van der Waals surface area contributed by atoms with Gasteiger partial charge in [0.25, 0.3) is 0 Å². The maximum atomic E-state index is 12.0. The lowest BCUT2D eigenvalue weighted by atomic mass is 10.1. The number of amides is 2. The fraction of sp³-hybridized carbons (Fsp3) is 0.167. The van der Waals surface area contributed by atoms with Crippen LogP contribution in [0, 0.1) is 18.3 Å². The summed E-state index contributed by atoms with van der Waals surface area (Å²) in [5.74, 6) is -0.375. The Labute approximate surface area is 140 Å². The van der Waals surface area contributed by atoms with Crippen molar-refractivity contribution >= 4 is 28.9 Å². The zero-order valence-electron chi connectivity index (χ0n) is 13.5.